The molecule has 1 amide bonds. The quantitative estimate of drug-likeness (QED) is 0.473. The Bertz CT molecular complexity index is 518. The molecule has 1 aromatic rings. The normalized spacial score (nSPS) is 19.3. The van der Waals surface area contributed by atoms with Crippen molar-refractivity contribution >= 4 is 17.3 Å². The van der Waals surface area contributed by atoms with E-state index in [0.29, 0.717) is 0 Å². The largest absolute Gasteiger partial charge is 0.393 e. The Balaban J connectivity index is 2.15. The predicted octanol–water partition coefficient (Wildman–Crippen LogP) is 0.611. The van der Waals surface area contributed by atoms with E-state index in [4.69, 9.17) is 5.73 Å². The monoisotopic (exact) mass is 264 g/mol. The molecule has 7 heteroatoms. The Hall–Kier alpha value is -2.15. The molecule has 1 aliphatic rings. The van der Waals surface area contributed by atoms with Crippen LogP contribution in [0.5, 0.6) is 0 Å². The molecule has 1 aromatic carbocycles. The molecule has 0 radical (unpaired) electrons. The van der Waals surface area contributed by atoms with E-state index in [1.807, 2.05) is 7.05 Å². The summed E-state index contributed by atoms with van der Waals surface area (Å²) in [4.78, 5) is 24.4. The number of nitro groups is 1. The van der Waals surface area contributed by atoms with Crippen LogP contribution in [0.2, 0.25) is 0 Å². The first kappa shape index (κ1) is 13.3. The van der Waals surface area contributed by atoms with E-state index in [-0.39, 0.29) is 28.9 Å². The second-order valence-electron chi connectivity index (χ2n) is 4.72. The Kier molecular flexibility index (Phi) is 3.66. The molecule has 2 rings (SSSR count). The van der Waals surface area contributed by atoms with Gasteiger partial charge in [0.1, 0.15) is 5.69 Å². The van der Waals surface area contributed by atoms with E-state index in [1.165, 1.54) is 18.2 Å². The number of amides is 1. The lowest BCUT2D eigenvalue weighted by Crippen LogP contribution is -2.36. The number of carbonyl (C=O) groups is 1. The Labute approximate surface area is 110 Å². The lowest BCUT2D eigenvalue weighted by molar-refractivity contribution is -0.383. The van der Waals surface area contributed by atoms with Gasteiger partial charge < -0.3 is 16.0 Å². The van der Waals surface area contributed by atoms with Gasteiger partial charge in [-0.2, -0.15) is 0 Å². The molecule has 102 valence electrons. The zero-order chi connectivity index (χ0) is 14.0. The van der Waals surface area contributed by atoms with Crippen LogP contribution in [-0.4, -0.2) is 41.9 Å². The highest BCUT2D eigenvalue weighted by Gasteiger charge is 2.24. The molecular formula is C12H16N4O3. The second-order valence-corrected chi connectivity index (χ2v) is 4.72. The number of likely N-dealkylation sites (tertiary alicyclic amines) is 1. The number of benzene rings is 1. The van der Waals surface area contributed by atoms with E-state index >= 15 is 0 Å². The average molecular weight is 264 g/mol. The number of nitrogens with zero attached hydrogens (tertiary/aromatic N) is 2. The highest BCUT2D eigenvalue weighted by Crippen LogP contribution is 2.24. The van der Waals surface area contributed by atoms with Crippen LogP contribution in [0.15, 0.2) is 18.2 Å². The van der Waals surface area contributed by atoms with Gasteiger partial charge in [0.2, 0.25) is 0 Å². The maximum atomic E-state index is 12.1. The number of nitrogens with two attached hydrogens (primary N) is 1. The number of likely N-dealkylation sites (N-methyl/N-ethyl adjacent to an activating group) is 1. The van der Waals surface area contributed by atoms with Gasteiger partial charge in [0.05, 0.1) is 10.5 Å². The Morgan fingerprint density at radius 3 is 2.89 bits per heavy atom. The summed E-state index contributed by atoms with van der Waals surface area (Å²) in [6.07, 6.45) is 0.872. The molecular weight excluding hydrogens is 248 g/mol. The van der Waals surface area contributed by atoms with Crippen molar-refractivity contribution in [2.45, 2.75) is 12.5 Å². The van der Waals surface area contributed by atoms with Crippen LogP contribution in [-0.2, 0) is 0 Å². The number of hydrogen-bond acceptors (Lipinski definition) is 5. The van der Waals surface area contributed by atoms with Crippen LogP contribution >= 0.6 is 0 Å². The van der Waals surface area contributed by atoms with Crippen molar-refractivity contribution in [3.63, 3.8) is 0 Å². The lowest BCUT2D eigenvalue weighted by Gasteiger charge is -2.13. The van der Waals surface area contributed by atoms with Gasteiger partial charge in [-0.25, -0.2) is 0 Å². The van der Waals surface area contributed by atoms with Crippen molar-refractivity contribution in [2.24, 2.45) is 0 Å². The molecule has 1 atom stereocenters. The van der Waals surface area contributed by atoms with E-state index in [0.717, 1.165) is 19.5 Å². The fourth-order valence-corrected chi connectivity index (χ4v) is 2.23. The Morgan fingerprint density at radius 2 is 2.32 bits per heavy atom. The predicted molar refractivity (Wildman–Crippen MR) is 70.9 cm³/mol. The second kappa shape index (κ2) is 5.23. The summed E-state index contributed by atoms with van der Waals surface area (Å²) in [7, 11) is 1.98. The first-order valence-corrected chi connectivity index (χ1v) is 6.01. The molecule has 0 aromatic heterocycles. The van der Waals surface area contributed by atoms with Crippen LogP contribution in [0.25, 0.3) is 0 Å². The van der Waals surface area contributed by atoms with Crippen molar-refractivity contribution in [2.75, 3.05) is 25.9 Å². The van der Waals surface area contributed by atoms with E-state index in [2.05, 4.69) is 10.2 Å². The summed E-state index contributed by atoms with van der Waals surface area (Å²) in [6.45, 7) is 1.70. The first-order valence-electron chi connectivity index (χ1n) is 6.01. The molecule has 0 saturated carbocycles. The highest BCUT2D eigenvalue weighted by molar-refractivity contribution is 6.01. The highest BCUT2D eigenvalue weighted by atomic mass is 16.6. The van der Waals surface area contributed by atoms with Gasteiger partial charge in [0.25, 0.3) is 11.6 Å². The number of rotatable bonds is 3. The van der Waals surface area contributed by atoms with Crippen molar-refractivity contribution in [1.82, 2.24) is 10.2 Å². The van der Waals surface area contributed by atoms with Gasteiger partial charge in [-0.1, -0.05) is 6.07 Å². The smallest absolute Gasteiger partial charge is 0.292 e. The van der Waals surface area contributed by atoms with Crippen molar-refractivity contribution in [3.05, 3.63) is 33.9 Å². The fourth-order valence-electron chi connectivity index (χ4n) is 2.23. The minimum Gasteiger partial charge on any atom is -0.393 e. The molecule has 3 N–H and O–H groups in total. The number of hydrogen-bond donors (Lipinski definition) is 2. The van der Waals surface area contributed by atoms with Gasteiger partial charge in [-0.15, -0.1) is 0 Å². The number of nitro benzene ring substituents is 1. The summed E-state index contributed by atoms with van der Waals surface area (Å²) >= 11 is 0. The average Bonchev–Trinajstić information content (AvgIpc) is 2.74. The molecule has 1 fully saturated rings. The zero-order valence-corrected chi connectivity index (χ0v) is 10.6. The SMILES string of the molecule is CN1CCC(NC(=O)c2cccc([N+](=O)[O-])c2N)C1. The fraction of sp³-hybridized carbons (Fsp3) is 0.417. The number of nitrogen functional groups attached to an aromatic ring is 1. The third-order valence-corrected chi connectivity index (χ3v) is 3.25. The molecule has 1 unspecified atom stereocenters. The molecule has 1 aliphatic heterocycles. The maximum absolute atomic E-state index is 12.1. The summed E-state index contributed by atoms with van der Waals surface area (Å²) in [5.74, 6) is -0.360. The number of para-hydroxylation sites is 1. The van der Waals surface area contributed by atoms with Crippen LogP contribution in [0, 0.1) is 10.1 Å². The lowest BCUT2D eigenvalue weighted by atomic mass is 10.1. The van der Waals surface area contributed by atoms with E-state index in [1.54, 1.807) is 0 Å². The minimum atomic E-state index is -0.588. The minimum absolute atomic E-state index is 0.0659. The Morgan fingerprint density at radius 1 is 1.58 bits per heavy atom. The molecule has 0 bridgehead atoms. The van der Waals surface area contributed by atoms with Crippen molar-refractivity contribution in [1.29, 1.82) is 0 Å². The third kappa shape index (κ3) is 2.82. The van der Waals surface area contributed by atoms with Gasteiger partial charge in [-0.3, -0.25) is 14.9 Å². The van der Waals surface area contributed by atoms with E-state index < -0.39 is 4.92 Å². The van der Waals surface area contributed by atoms with Crippen molar-refractivity contribution < 1.29 is 9.72 Å². The summed E-state index contributed by atoms with van der Waals surface area (Å²) in [5, 5.41) is 13.6. The van der Waals surface area contributed by atoms with E-state index in [9.17, 15) is 14.9 Å². The van der Waals surface area contributed by atoms with Gasteiger partial charge in [0.15, 0.2) is 0 Å². The molecule has 19 heavy (non-hydrogen) atoms. The summed E-state index contributed by atoms with van der Waals surface area (Å²) < 4.78 is 0. The van der Waals surface area contributed by atoms with Crippen molar-refractivity contribution in [3.8, 4) is 0 Å². The van der Waals surface area contributed by atoms with Crippen LogP contribution in [0.3, 0.4) is 0 Å². The molecule has 1 heterocycles. The number of nitrogens with one attached hydrogen (secondary N) is 1. The van der Waals surface area contributed by atoms with Gasteiger partial charge in [0, 0.05) is 18.7 Å². The zero-order valence-electron chi connectivity index (χ0n) is 10.6. The van der Waals surface area contributed by atoms with Gasteiger partial charge >= 0.3 is 0 Å². The number of anilines is 1. The topological polar surface area (TPSA) is 102 Å². The standard InChI is InChI=1S/C12H16N4O3/c1-15-6-5-8(7-15)14-12(17)9-3-2-4-10(11(9)13)16(18)19/h2-4,8H,5-7,13H2,1H3,(H,14,17). The van der Waals surface area contributed by atoms with Crippen LogP contribution in [0.4, 0.5) is 11.4 Å². The third-order valence-electron chi connectivity index (χ3n) is 3.25. The van der Waals surface area contributed by atoms with Crippen LogP contribution in [0.1, 0.15) is 16.8 Å². The summed E-state index contributed by atoms with van der Waals surface area (Å²) in [6, 6.07) is 4.31. The molecule has 0 aliphatic carbocycles. The summed E-state index contributed by atoms with van der Waals surface area (Å²) in [5.41, 5.74) is 5.50. The molecule has 1 saturated heterocycles. The van der Waals surface area contributed by atoms with Crippen LogP contribution < -0.4 is 11.1 Å². The van der Waals surface area contributed by atoms with Gasteiger partial charge in [-0.05, 0) is 26.1 Å². The first-order chi connectivity index (χ1) is 8.99. The maximum Gasteiger partial charge on any atom is 0.292 e. The molecule has 7 nitrogen and oxygen atoms in total. The molecule has 0 spiro atoms. The number of carbonyl (C=O) groups excluding carboxylic acids is 1.